The van der Waals surface area contributed by atoms with Crippen molar-refractivity contribution in [1.82, 2.24) is 19.5 Å². The lowest BCUT2D eigenvalue weighted by atomic mass is 10.1. The fourth-order valence-electron chi connectivity index (χ4n) is 2.32. The second-order valence-electron chi connectivity index (χ2n) is 4.71. The largest absolute Gasteiger partial charge is 0.394 e. The number of hydrogen-bond acceptors (Lipinski definition) is 7. The van der Waals surface area contributed by atoms with Gasteiger partial charge in [-0.2, -0.15) is 0 Å². The van der Waals surface area contributed by atoms with E-state index >= 15 is 0 Å². The highest BCUT2D eigenvalue weighted by Gasteiger charge is 2.43. The first-order valence-electron chi connectivity index (χ1n) is 6.31. The van der Waals surface area contributed by atoms with Crippen molar-refractivity contribution in [3.05, 3.63) is 35.3 Å². The van der Waals surface area contributed by atoms with Crippen LogP contribution in [0.2, 0.25) is 0 Å². The van der Waals surface area contributed by atoms with Crippen molar-refractivity contribution in [2.75, 3.05) is 6.61 Å². The van der Waals surface area contributed by atoms with Gasteiger partial charge in [0, 0.05) is 6.07 Å². The highest BCUT2D eigenvalue weighted by atomic mass is 16.6. The molecular weight excluding hydrogens is 280 g/mol. The Balaban J connectivity index is 1.98. The van der Waals surface area contributed by atoms with Crippen LogP contribution in [0.4, 0.5) is 0 Å². The van der Waals surface area contributed by atoms with Crippen LogP contribution in [-0.2, 0) is 4.74 Å². The Labute approximate surface area is 118 Å². The summed E-state index contributed by atoms with van der Waals surface area (Å²) in [5.74, 6) is 0. The molecule has 0 radical (unpaired) electrons. The van der Waals surface area contributed by atoms with Crippen molar-refractivity contribution in [1.29, 1.82) is 0 Å². The second kappa shape index (κ2) is 5.37. The number of H-pyrrole nitrogens is 1. The van der Waals surface area contributed by atoms with E-state index in [4.69, 9.17) is 9.84 Å². The topological polar surface area (TPSA) is 133 Å². The fourth-order valence-corrected chi connectivity index (χ4v) is 2.32. The van der Waals surface area contributed by atoms with Gasteiger partial charge in [0.2, 0.25) is 0 Å². The summed E-state index contributed by atoms with van der Waals surface area (Å²) < 4.78 is 6.89. The average Bonchev–Trinajstić information content (AvgIpc) is 3.05. The lowest BCUT2D eigenvalue weighted by Crippen LogP contribution is -2.33. The molecule has 0 amide bonds. The van der Waals surface area contributed by atoms with Gasteiger partial charge in [0.25, 0.3) is 5.56 Å². The smallest absolute Gasteiger partial charge is 0.251 e. The molecule has 9 heteroatoms. The third kappa shape index (κ3) is 2.36. The minimum Gasteiger partial charge on any atom is -0.394 e. The Morgan fingerprint density at radius 2 is 2.19 bits per heavy atom. The van der Waals surface area contributed by atoms with Gasteiger partial charge < -0.3 is 25.0 Å². The summed E-state index contributed by atoms with van der Waals surface area (Å²) in [7, 11) is 0. The van der Waals surface area contributed by atoms with Crippen LogP contribution in [0.3, 0.4) is 0 Å². The van der Waals surface area contributed by atoms with E-state index in [1.165, 1.54) is 29.5 Å². The maximum absolute atomic E-state index is 11.4. The van der Waals surface area contributed by atoms with Crippen LogP contribution < -0.4 is 5.56 Å². The minimum atomic E-state index is -1.22. The van der Waals surface area contributed by atoms with Gasteiger partial charge in [0.15, 0.2) is 6.23 Å². The number of rotatable bonds is 3. The number of aromatic nitrogens is 4. The van der Waals surface area contributed by atoms with E-state index in [9.17, 15) is 15.0 Å². The SMILES string of the molecule is O=c1cc(-c2cncn2[C@@H]2O[C@H](CO)[C@@H](O)[C@H]2O)nc[nH]1. The third-order valence-corrected chi connectivity index (χ3v) is 3.40. The van der Waals surface area contributed by atoms with Crippen LogP contribution in [0.15, 0.2) is 29.7 Å². The molecule has 3 rings (SSSR count). The third-order valence-electron chi connectivity index (χ3n) is 3.40. The van der Waals surface area contributed by atoms with E-state index < -0.39 is 31.1 Å². The molecule has 3 heterocycles. The van der Waals surface area contributed by atoms with E-state index in [1.807, 2.05) is 0 Å². The molecule has 4 atom stereocenters. The van der Waals surface area contributed by atoms with Crippen molar-refractivity contribution in [3.63, 3.8) is 0 Å². The molecule has 0 saturated carbocycles. The summed E-state index contributed by atoms with van der Waals surface area (Å²) in [6.45, 7) is -0.415. The average molecular weight is 294 g/mol. The summed E-state index contributed by atoms with van der Waals surface area (Å²) in [5, 5.41) is 28.9. The lowest BCUT2D eigenvalue weighted by Gasteiger charge is -2.18. The molecule has 0 spiro atoms. The summed E-state index contributed by atoms with van der Waals surface area (Å²) in [6.07, 6.45) is -0.107. The van der Waals surface area contributed by atoms with Gasteiger partial charge in [-0.3, -0.25) is 9.36 Å². The second-order valence-corrected chi connectivity index (χ2v) is 4.71. The fraction of sp³-hybridized carbons (Fsp3) is 0.417. The highest BCUT2D eigenvalue weighted by Crippen LogP contribution is 2.32. The maximum atomic E-state index is 11.4. The summed E-state index contributed by atoms with van der Waals surface area (Å²) >= 11 is 0. The maximum Gasteiger partial charge on any atom is 0.251 e. The van der Waals surface area contributed by atoms with Crippen LogP contribution in [-0.4, -0.2) is 59.8 Å². The van der Waals surface area contributed by atoms with Crippen LogP contribution in [0.5, 0.6) is 0 Å². The highest BCUT2D eigenvalue weighted by molar-refractivity contribution is 5.52. The van der Waals surface area contributed by atoms with Gasteiger partial charge in [-0.05, 0) is 0 Å². The number of aliphatic hydroxyl groups excluding tert-OH is 3. The number of aliphatic hydroxyl groups is 3. The number of aromatic amines is 1. The molecule has 1 aliphatic heterocycles. The van der Waals surface area contributed by atoms with Gasteiger partial charge >= 0.3 is 0 Å². The molecule has 0 aliphatic carbocycles. The molecule has 0 aromatic carbocycles. The van der Waals surface area contributed by atoms with E-state index in [-0.39, 0.29) is 5.56 Å². The van der Waals surface area contributed by atoms with Crippen LogP contribution in [0, 0.1) is 0 Å². The summed E-state index contributed by atoms with van der Waals surface area (Å²) in [6, 6.07) is 1.29. The van der Waals surface area contributed by atoms with Gasteiger partial charge in [-0.15, -0.1) is 0 Å². The number of hydrogen-bond donors (Lipinski definition) is 4. The molecule has 1 saturated heterocycles. The van der Waals surface area contributed by atoms with E-state index in [0.717, 1.165) is 0 Å². The predicted molar refractivity (Wildman–Crippen MR) is 69.1 cm³/mol. The first kappa shape index (κ1) is 13.9. The Bertz CT molecular complexity index is 684. The molecule has 2 aromatic heterocycles. The van der Waals surface area contributed by atoms with Crippen LogP contribution in [0.1, 0.15) is 6.23 Å². The first-order chi connectivity index (χ1) is 10.1. The van der Waals surface area contributed by atoms with Crippen molar-refractivity contribution < 1.29 is 20.1 Å². The molecule has 2 aromatic rings. The molecule has 0 unspecified atom stereocenters. The molecule has 0 bridgehead atoms. The number of nitrogens with one attached hydrogen (secondary N) is 1. The molecule has 1 fully saturated rings. The molecule has 4 N–H and O–H groups in total. The Hall–Kier alpha value is -2.07. The zero-order valence-corrected chi connectivity index (χ0v) is 10.8. The zero-order chi connectivity index (χ0) is 15.0. The Morgan fingerprint density at radius 1 is 1.38 bits per heavy atom. The van der Waals surface area contributed by atoms with Crippen molar-refractivity contribution in [3.8, 4) is 11.4 Å². The van der Waals surface area contributed by atoms with E-state index in [1.54, 1.807) is 0 Å². The quantitative estimate of drug-likeness (QED) is 0.527. The lowest BCUT2D eigenvalue weighted by molar-refractivity contribution is -0.0520. The van der Waals surface area contributed by atoms with Gasteiger partial charge in [0.1, 0.15) is 18.3 Å². The van der Waals surface area contributed by atoms with Gasteiger partial charge in [-0.1, -0.05) is 0 Å². The normalized spacial score (nSPS) is 28.9. The molecule has 21 heavy (non-hydrogen) atoms. The van der Waals surface area contributed by atoms with Crippen molar-refractivity contribution in [2.24, 2.45) is 0 Å². The first-order valence-corrected chi connectivity index (χ1v) is 6.31. The van der Waals surface area contributed by atoms with Crippen LogP contribution in [0.25, 0.3) is 11.4 Å². The Kier molecular flexibility index (Phi) is 3.55. The van der Waals surface area contributed by atoms with E-state index in [0.29, 0.717) is 11.4 Å². The molecule has 9 nitrogen and oxygen atoms in total. The molecule has 112 valence electrons. The van der Waals surface area contributed by atoms with Gasteiger partial charge in [0.05, 0.1) is 36.8 Å². The monoisotopic (exact) mass is 294 g/mol. The predicted octanol–water partition coefficient (Wildman–Crippen LogP) is -1.76. The molecular formula is C12H14N4O5. The number of ether oxygens (including phenoxy) is 1. The summed E-state index contributed by atoms with van der Waals surface area (Å²) in [4.78, 5) is 21.7. The van der Waals surface area contributed by atoms with E-state index in [2.05, 4.69) is 15.0 Å². The summed E-state index contributed by atoms with van der Waals surface area (Å²) in [5.41, 5.74) is 0.485. The van der Waals surface area contributed by atoms with Crippen molar-refractivity contribution in [2.45, 2.75) is 24.5 Å². The van der Waals surface area contributed by atoms with Gasteiger partial charge in [-0.25, -0.2) is 9.97 Å². The number of imidazole rings is 1. The Morgan fingerprint density at radius 3 is 2.86 bits per heavy atom. The minimum absolute atomic E-state index is 0.325. The standard InChI is InChI=1S/C12H14N4O5/c17-3-8-10(19)11(20)12(21-8)16-5-13-2-7(16)6-1-9(18)15-4-14-6/h1-2,4-5,8,10-12,17,19-20H,3H2,(H,14,15,18)/t8-,10-,11-,12-/m1/s1. The van der Waals surface area contributed by atoms with Crippen LogP contribution >= 0.6 is 0 Å². The molecule has 1 aliphatic rings. The number of nitrogens with zero attached hydrogens (tertiary/aromatic N) is 3. The van der Waals surface area contributed by atoms with Crippen molar-refractivity contribution >= 4 is 0 Å². The zero-order valence-electron chi connectivity index (χ0n) is 10.8.